The van der Waals surface area contributed by atoms with E-state index in [1.807, 2.05) is 11.8 Å². The van der Waals surface area contributed by atoms with Crippen LogP contribution < -0.4 is 5.73 Å². The van der Waals surface area contributed by atoms with Gasteiger partial charge in [-0.05, 0) is 32.6 Å². The summed E-state index contributed by atoms with van der Waals surface area (Å²) in [6.45, 7) is 3.13. The van der Waals surface area contributed by atoms with Crippen LogP contribution in [0.15, 0.2) is 0 Å². The van der Waals surface area contributed by atoms with Gasteiger partial charge in [-0.3, -0.25) is 4.90 Å². The van der Waals surface area contributed by atoms with Gasteiger partial charge in [0.25, 0.3) is 0 Å². The van der Waals surface area contributed by atoms with E-state index in [4.69, 9.17) is 5.73 Å². The molecule has 1 rings (SSSR count). The number of nitrogens with zero attached hydrogens (tertiary/aromatic N) is 1. The molecule has 17 heavy (non-hydrogen) atoms. The molecule has 2 atom stereocenters. The normalized spacial score (nSPS) is 21.7. The number of hydrogen-bond donors (Lipinski definition) is 1. The zero-order valence-corrected chi connectivity index (χ0v) is 12.6. The van der Waals surface area contributed by atoms with Gasteiger partial charge in [-0.25, -0.2) is 0 Å². The van der Waals surface area contributed by atoms with Crippen LogP contribution in [0.25, 0.3) is 0 Å². The Morgan fingerprint density at radius 2 is 1.94 bits per heavy atom. The van der Waals surface area contributed by atoms with Crippen LogP contribution in [-0.4, -0.2) is 42.6 Å². The predicted molar refractivity (Wildman–Crippen MR) is 79.6 cm³/mol. The molecule has 0 spiro atoms. The molecular weight excluding hydrogens is 228 g/mol. The van der Waals surface area contributed by atoms with Gasteiger partial charge in [0.2, 0.25) is 0 Å². The van der Waals surface area contributed by atoms with Gasteiger partial charge in [-0.1, -0.05) is 32.1 Å². The van der Waals surface area contributed by atoms with Gasteiger partial charge in [-0.15, -0.1) is 0 Å². The van der Waals surface area contributed by atoms with Gasteiger partial charge in [0.05, 0.1) is 0 Å². The number of nitrogens with two attached hydrogens (primary N) is 1. The van der Waals surface area contributed by atoms with Crippen LogP contribution in [-0.2, 0) is 0 Å². The Labute approximate surface area is 112 Å². The van der Waals surface area contributed by atoms with E-state index in [9.17, 15) is 0 Å². The monoisotopic (exact) mass is 258 g/mol. The summed E-state index contributed by atoms with van der Waals surface area (Å²) in [6, 6.07) is 1.22. The van der Waals surface area contributed by atoms with Gasteiger partial charge in [0.1, 0.15) is 0 Å². The van der Waals surface area contributed by atoms with Crippen molar-refractivity contribution in [3.8, 4) is 0 Å². The highest BCUT2D eigenvalue weighted by molar-refractivity contribution is 7.98. The summed E-state index contributed by atoms with van der Waals surface area (Å²) >= 11 is 1.93. The molecule has 0 aromatic rings. The molecule has 1 aliphatic rings. The second-order valence-electron chi connectivity index (χ2n) is 5.60. The zero-order chi connectivity index (χ0) is 12.7. The fourth-order valence-corrected chi connectivity index (χ4v) is 3.67. The van der Waals surface area contributed by atoms with E-state index in [2.05, 4.69) is 25.1 Å². The SMILES string of the molecule is CSCC(C)N(C)C(CN)CC1CCCCC1. The minimum absolute atomic E-state index is 0.584. The molecule has 2 N–H and O–H groups in total. The molecule has 3 heteroatoms. The molecule has 0 aromatic heterocycles. The Kier molecular flexibility index (Phi) is 7.56. The van der Waals surface area contributed by atoms with E-state index in [0.29, 0.717) is 12.1 Å². The van der Waals surface area contributed by atoms with Crippen LogP contribution in [0.5, 0.6) is 0 Å². The maximum Gasteiger partial charge on any atom is 0.0221 e. The van der Waals surface area contributed by atoms with Crippen molar-refractivity contribution in [2.75, 3.05) is 25.6 Å². The molecule has 0 saturated heterocycles. The molecule has 1 saturated carbocycles. The Balaban J connectivity index is 2.39. The summed E-state index contributed by atoms with van der Waals surface area (Å²) in [5, 5.41) is 0. The summed E-state index contributed by atoms with van der Waals surface area (Å²) in [4.78, 5) is 2.51. The van der Waals surface area contributed by atoms with Crippen molar-refractivity contribution in [1.29, 1.82) is 0 Å². The summed E-state index contributed by atoms with van der Waals surface area (Å²) in [5.74, 6) is 2.14. The number of hydrogen-bond acceptors (Lipinski definition) is 3. The first-order valence-corrected chi connectivity index (χ1v) is 8.49. The highest BCUT2D eigenvalue weighted by atomic mass is 32.2. The maximum atomic E-state index is 5.98. The van der Waals surface area contributed by atoms with E-state index >= 15 is 0 Å². The fraction of sp³-hybridized carbons (Fsp3) is 1.00. The standard InChI is InChI=1S/C14H30N2S/c1-12(11-17-3)16(2)14(10-15)9-13-7-5-4-6-8-13/h12-14H,4-11,15H2,1-3H3. The van der Waals surface area contributed by atoms with Gasteiger partial charge in [-0.2, -0.15) is 11.8 Å². The summed E-state index contributed by atoms with van der Waals surface area (Å²) in [6.07, 6.45) is 10.7. The van der Waals surface area contributed by atoms with Crippen molar-refractivity contribution in [2.24, 2.45) is 11.7 Å². The average molecular weight is 258 g/mol. The Morgan fingerprint density at radius 1 is 1.29 bits per heavy atom. The summed E-state index contributed by atoms with van der Waals surface area (Å²) < 4.78 is 0. The highest BCUT2D eigenvalue weighted by Crippen LogP contribution is 2.28. The maximum absolute atomic E-state index is 5.98. The molecular formula is C14H30N2S. The van der Waals surface area contributed by atoms with E-state index < -0.39 is 0 Å². The lowest BCUT2D eigenvalue weighted by molar-refractivity contribution is 0.161. The molecule has 0 amide bonds. The molecule has 2 nitrogen and oxygen atoms in total. The van der Waals surface area contributed by atoms with E-state index in [0.717, 1.165) is 12.5 Å². The Bertz CT molecular complexity index is 193. The largest absolute Gasteiger partial charge is 0.329 e. The van der Waals surface area contributed by atoms with Crippen molar-refractivity contribution in [2.45, 2.75) is 57.5 Å². The molecule has 0 bridgehead atoms. The second-order valence-corrected chi connectivity index (χ2v) is 6.51. The fourth-order valence-electron chi connectivity index (χ4n) is 2.96. The van der Waals surface area contributed by atoms with Crippen molar-refractivity contribution < 1.29 is 0 Å². The van der Waals surface area contributed by atoms with Crippen LogP contribution >= 0.6 is 11.8 Å². The van der Waals surface area contributed by atoms with E-state index in [1.54, 1.807) is 0 Å². The highest BCUT2D eigenvalue weighted by Gasteiger charge is 2.23. The van der Waals surface area contributed by atoms with Crippen molar-refractivity contribution in [3.05, 3.63) is 0 Å². The van der Waals surface area contributed by atoms with Gasteiger partial charge < -0.3 is 5.73 Å². The van der Waals surface area contributed by atoms with Crippen LogP contribution in [0.1, 0.15) is 45.4 Å². The number of likely N-dealkylation sites (N-methyl/N-ethyl adjacent to an activating group) is 1. The lowest BCUT2D eigenvalue weighted by Crippen LogP contribution is -2.45. The topological polar surface area (TPSA) is 29.3 Å². The van der Waals surface area contributed by atoms with Crippen molar-refractivity contribution in [3.63, 3.8) is 0 Å². The first kappa shape index (κ1) is 15.3. The van der Waals surface area contributed by atoms with Crippen LogP contribution in [0.3, 0.4) is 0 Å². The lowest BCUT2D eigenvalue weighted by Gasteiger charge is -2.35. The van der Waals surface area contributed by atoms with Crippen LogP contribution in [0, 0.1) is 5.92 Å². The predicted octanol–water partition coefficient (Wildman–Crippen LogP) is 2.97. The average Bonchev–Trinajstić information content (AvgIpc) is 2.36. The number of thioether (sulfide) groups is 1. The van der Waals surface area contributed by atoms with Crippen LogP contribution in [0.4, 0.5) is 0 Å². The van der Waals surface area contributed by atoms with E-state index in [-0.39, 0.29) is 0 Å². The van der Waals surface area contributed by atoms with Gasteiger partial charge in [0, 0.05) is 24.4 Å². The third-order valence-electron chi connectivity index (χ3n) is 4.28. The zero-order valence-electron chi connectivity index (χ0n) is 11.8. The van der Waals surface area contributed by atoms with Gasteiger partial charge in [0.15, 0.2) is 0 Å². The third kappa shape index (κ3) is 5.19. The van der Waals surface area contributed by atoms with E-state index in [1.165, 1.54) is 44.3 Å². The first-order valence-electron chi connectivity index (χ1n) is 7.10. The minimum atomic E-state index is 0.584. The molecule has 0 aliphatic heterocycles. The smallest absolute Gasteiger partial charge is 0.0221 e. The second kappa shape index (κ2) is 8.39. The lowest BCUT2D eigenvalue weighted by atomic mass is 9.84. The molecule has 1 aliphatic carbocycles. The van der Waals surface area contributed by atoms with Gasteiger partial charge >= 0.3 is 0 Å². The molecule has 0 radical (unpaired) electrons. The molecule has 0 aromatic carbocycles. The Hall–Kier alpha value is 0.270. The summed E-state index contributed by atoms with van der Waals surface area (Å²) in [7, 11) is 2.25. The quantitative estimate of drug-likeness (QED) is 0.761. The Morgan fingerprint density at radius 3 is 2.47 bits per heavy atom. The van der Waals surface area contributed by atoms with Crippen molar-refractivity contribution >= 4 is 11.8 Å². The molecule has 2 unspecified atom stereocenters. The molecule has 102 valence electrons. The van der Waals surface area contributed by atoms with Crippen LogP contribution in [0.2, 0.25) is 0 Å². The first-order chi connectivity index (χ1) is 8.19. The minimum Gasteiger partial charge on any atom is -0.329 e. The summed E-state index contributed by atoms with van der Waals surface area (Å²) in [5.41, 5.74) is 5.98. The third-order valence-corrected chi connectivity index (χ3v) is 5.10. The molecule has 0 heterocycles. The molecule has 1 fully saturated rings. The van der Waals surface area contributed by atoms with Crippen molar-refractivity contribution in [1.82, 2.24) is 4.90 Å². The number of rotatable bonds is 7.